The van der Waals surface area contributed by atoms with Crippen LogP contribution in [-0.4, -0.2) is 50.1 Å². The van der Waals surface area contributed by atoms with Crippen molar-refractivity contribution >= 4 is 17.5 Å². The minimum absolute atomic E-state index is 0.0335. The fourth-order valence-electron chi connectivity index (χ4n) is 4.38. The quantitative estimate of drug-likeness (QED) is 0.431. The maximum atomic E-state index is 14.0. The van der Waals surface area contributed by atoms with Gasteiger partial charge < -0.3 is 14.2 Å². The highest BCUT2D eigenvalue weighted by Crippen LogP contribution is 2.37. The van der Waals surface area contributed by atoms with Crippen LogP contribution in [0.5, 0.6) is 23.0 Å². The van der Waals surface area contributed by atoms with Gasteiger partial charge in [0.05, 0.1) is 23.9 Å². The molecule has 2 amide bonds. The molecule has 0 radical (unpaired) electrons. The highest BCUT2D eigenvalue weighted by molar-refractivity contribution is 6.34. The monoisotopic (exact) mass is 476 g/mol. The molecule has 1 fully saturated rings. The number of likely N-dealkylation sites (tertiary alicyclic amines) is 1. The Morgan fingerprint density at radius 1 is 0.857 bits per heavy atom. The van der Waals surface area contributed by atoms with Crippen molar-refractivity contribution in [1.82, 2.24) is 4.90 Å². The minimum atomic E-state index is -0.521. The van der Waals surface area contributed by atoms with E-state index in [1.54, 1.807) is 30.3 Å². The van der Waals surface area contributed by atoms with Crippen LogP contribution in [0.3, 0.4) is 0 Å². The second-order valence-corrected chi connectivity index (χ2v) is 8.42. The fourth-order valence-corrected chi connectivity index (χ4v) is 4.38. The number of para-hydroxylation sites is 1. The first kappa shape index (κ1) is 22.9. The molecule has 0 spiro atoms. The van der Waals surface area contributed by atoms with E-state index in [9.17, 15) is 14.0 Å². The number of imide groups is 1. The van der Waals surface area contributed by atoms with E-state index in [0.29, 0.717) is 23.8 Å². The largest absolute Gasteiger partial charge is 0.493 e. The lowest BCUT2D eigenvalue weighted by molar-refractivity contribution is 0.0926. The van der Waals surface area contributed by atoms with Crippen molar-refractivity contribution in [3.05, 3.63) is 77.6 Å². The number of ether oxygens (including phenoxy) is 3. The van der Waals surface area contributed by atoms with Gasteiger partial charge in [0.2, 0.25) is 0 Å². The van der Waals surface area contributed by atoms with E-state index in [4.69, 9.17) is 14.2 Å². The third-order valence-corrected chi connectivity index (χ3v) is 6.19. The van der Waals surface area contributed by atoms with E-state index in [2.05, 4.69) is 4.90 Å². The van der Waals surface area contributed by atoms with E-state index >= 15 is 0 Å². The summed E-state index contributed by atoms with van der Waals surface area (Å²) in [6.07, 6.45) is 2.43. The van der Waals surface area contributed by atoms with E-state index in [1.165, 1.54) is 50.3 Å². The lowest BCUT2D eigenvalue weighted by Crippen LogP contribution is -2.29. The molecule has 0 saturated carbocycles. The number of carbonyl (C=O) groups excluding carboxylic acids is 2. The SMILES string of the molecule is COc1cc(N2C(=O)c3ccc(Oc4ccccc4F)cc3C2=O)ccc1OCCN1CCCC1. The fraction of sp³-hybridized carbons (Fsp3) is 0.259. The number of benzene rings is 3. The van der Waals surface area contributed by atoms with E-state index in [0.717, 1.165) is 24.5 Å². The Balaban J connectivity index is 1.34. The predicted molar refractivity (Wildman–Crippen MR) is 128 cm³/mol. The van der Waals surface area contributed by atoms with Crippen LogP contribution in [-0.2, 0) is 0 Å². The molecule has 0 aromatic heterocycles. The van der Waals surface area contributed by atoms with Gasteiger partial charge in [0.1, 0.15) is 12.4 Å². The molecule has 35 heavy (non-hydrogen) atoms. The number of halogens is 1. The molecule has 2 aliphatic heterocycles. The van der Waals surface area contributed by atoms with Gasteiger partial charge in [-0.2, -0.15) is 0 Å². The number of rotatable bonds is 8. The van der Waals surface area contributed by atoms with Gasteiger partial charge in [0, 0.05) is 12.6 Å². The van der Waals surface area contributed by atoms with Crippen molar-refractivity contribution in [2.45, 2.75) is 12.8 Å². The summed E-state index contributed by atoms with van der Waals surface area (Å²) in [5.74, 6) is -0.188. The second-order valence-electron chi connectivity index (χ2n) is 8.42. The summed E-state index contributed by atoms with van der Waals surface area (Å²) >= 11 is 0. The Labute approximate surface area is 202 Å². The molecule has 1 saturated heterocycles. The molecule has 0 atom stereocenters. The zero-order valence-corrected chi connectivity index (χ0v) is 19.3. The number of nitrogens with zero attached hydrogens (tertiary/aromatic N) is 2. The molecule has 0 bridgehead atoms. The standard InChI is InChI=1S/C27H25FN2O5/c1-33-25-16-18(8-11-24(25)34-15-14-29-12-4-5-13-29)30-26(31)20-10-9-19(17-21(20)27(30)32)35-23-7-3-2-6-22(23)28/h2-3,6-11,16-17H,4-5,12-15H2,1H3. The van der Waals surface area contributed by atoms with Crippen LogP contribution >= 0.6 is 0 Å². The van der Waals surface area contributed by atoms with E-state index < -0.39 is 17.6 Å². The number of carbonyl (C=O) groups is 2. The third-order valence-electron chi connectivity index (χ3n) is 6.19. The van der Waals surface area contributed by atoms with Gasteiger partial charge in [0.15, 0.2) is 23.1 Å². The molecular formula is C27H25FN2O5. The molecule has 3 aromatic carbocycles. The molecule has 3 aromatic rings. The van der Waals surface area contributed by atoms with Crippen LogP contribution in [0.15, 0.2) is 60.7 Å². The van der Waals surface area contributed by atoms with Gasteiger partial charge >= 0.3 is 0 Å². The molecule has 5 rings (SSSR count). The van der Waals surface area contributed by atoms with Crippen LogP contribution < -0.4 is 19.1 Å². The van der Waals surface area contributed by atoms with Gasteiger partial charge in [-0.1, -0.05) is 12.1 Å². The zero-order chi connectivity index (χ0) is 24.4. The topological polar surface area (TPSA) is 68.3 Å². The first-order valence-corrected chi connectivity index (χ1v) is 11.5. The summed E-state index contributed by atoms with van der Waals surface area (Å²) < 4.78 is 30.9. The number of amides is 2. The number of anilines is 1. The number of fused-ring (bicyclic) bond motifs is 1. The lowest BCUT2D eigenvalue weighted by atomic mass is 10.1. The highest BCUT2D eigenvalue weighted by atomic mass is 19.1. The summed E-state index contributed by atoms with van der Waals surface area (Å²) in [6.45, 7) is 3.53. The van der Waals surface area contributed by atoms with Crippen molar-refractivity contribution in [1.29, 1.82) is 0 Å². The molecular weight excluding hydrogens is 451 g/mol. The first-order valence-electron chi connectivity index (χ1n) is 11.5. The van der Waals surface area contributed by atoms with Crippen molar-refractivity contribution in [3.63, 3.8) is 0 Å². The zero-order valence-electron chi connectivity index (χ0n) is 19.3. The Hall–Kier alpha value is -3.91. The van der Waals surface area contributed by atoms with Crippen LogP contribution in [0.25, 0.3) is 0 Å². The van der Waals surface area contributed by atoms with E-state index in [1.807, 2.05) is 0 Å². The Kier molecular flexibility index (Phi) is 6.37. The average molecular weight is 477 g/mol. The summed E-state index contributed by atoms with van der Waals surface area (Å²) in [5, 5.41) is 0. The average Bonchev–Trinajstić information content (AvgIpc) is 3.47. The van der Waals surface area contributed by atoms with Crippen molar-refractivity contribution in [2.24, 2.45) is 0 Å². The normalized spacial score (nSPS) is 15.4. The van der Waals surface area contributed by atoms with Crippen molar-refractivity contribution < 1.29 is 28.2 Å². The molecule has 0 unspecified atom stereocenters. The van der Waals surface area contributed by atoms with Crippen molar-refractivity contribution in [2.75, 3.05) is 38.3 Å². The maximum absolute atomic E-state index is 14.0. The number of methoxy groups -OCH3 is 1. The molecule has 8 heteroatoms. The molecule has 2 aliphatic rings. The van der Waals surface area contributed by atoms with Gasteiger partial charge in [-0.05, 0) is 68.4 Å². The maximum Gasteiger partial charge on any atom is 0.266 e. The summed E-state index contributed by atoms with van der Waals surface area (Å²) in [4.78, 5) is 29.7. The number of hydrogen-bond donors (Lipinski definition) is 0. The molecule has 180 valence electrons. The summed E-state index contributed by atoms with van der Waals surface area (Å²) in [6, 6.07) is 15.5. The number of hydrogen-bond acceptors (Lipinski definition) is 6. The minimum Gasteiger partial charge on any atom is -0.493 e. The van der Waals surface area contributed by atoms with Gasteiger partial charge in [0.25, 0.3) is 11.8 Å². The summed E-state index contributed by atoms with van der Waals surface area (Å²) in [5.41, 5.74) is 0.811. The first-order chi connectivity index (χ1) is 17.0. The Bertz CT molecular complexity index is 1270. The molecule has 7 nitrogen and oxygen atoms in total. The summed E-state index contributed by atoms with van der Waals surface area (Å²) in [7, 11) is 1.52. The van der Waals surface area contributed by atoms with Gasteiger partial charge in [-0.3, -0.25) is 14.5 Å². The van der Waals surface area contributed by atoms with E-state index in [-0.39, 0.29) is 22.6 Å². The smallest absolute Gasteiger partial charge is 0.266 e. The second kappa shape index (κ2) is 9.76. The molecule has 2 heterocycles. The van der Waals surface area contributed by atoms with Crippen LogP contribution in [0, 0.1) is 5.82 Å². The van der Waals surface area contributed by atoms with Gasteiger partial charge in [-0.15, -0.1) is 0 Å². The van der Waals surface area contributed by atoms with Crippen LogP contribution in [0.4, 0.5) is 10.1 Å². The Morgan fingerprint density at radius 3 is 2.40 bits per heavy atom. The van der Waals surface area contributed by atoms with Crippen LogP contribution in [0.2, 0.25) is 0 Å². The van der Waals surface area contributed by atoms with Crippen LogP contribution in [0.1, 0.15) is 33.6 Å². The Morgan fingerprint density at radius 2 is 1.63 bits per heavy atom. The van der Waals surface area contributed by atoms with Gasteiger partial charge in [-0.25, -0.2) is 9.29 Å². The molecule has 0 aliphatic carbocycles. The molecule has 0 N–H and O–H groups in total. The highest BCUT2D eigenvalue weighted by Gasteiger charge is 2.37. The lowest BCUT2D eigenvalue weighted by Gasteiger charge is -2.18. The predicted octanol–water partition coefficient (Wildman–Crippen LogP) is 4.90. The van der Waals surface area contributed by atoms with Crippen molar-refractivity contribution in [3.8, 4) is 23.0 Å². The third kappa shape index (κ3) is 4.57.